The normalized spacial score (nSPS) is 11.9. The fourth-order valence-electron chi connectivity index (χ4n) is 8.56. The summed E-state index contributed by atoms with van der Waals surface area (Å²) in [5, 5.41) is 8.71. The van der Waals surface area contributed by atoms with Crippen molar-refractivity contribution >= 4 is 111 Å². The lowest BCUT2D eigenvalue weighted by Crippen LogP contribution is -2.13. The number of hydrogen-bond acceptors (Lipinski definition) is 5. The highest BCUT2D eigenvalue weighted by molar-refractivity contribution is 6.16. The lowest BCUT2D eigenvalue weighted by Gasteiger charge is -2.29. The molecular formula is C52H32N2O3. The Kier molecular flexibility index (Phi) is 6.86. The number of anilines is 6. The molecule has 0 aliphatic carbocycles. The van der Waals surface area contributed by atoms with Gasteiger partial charge in [0.05, 0.1) is 11.4 Å². The molecule has 57 heavy (non-hydrogen) atoms. The molecule has 5 nitrogen and oxygen atoms in total. The Bertz CT molecular complexity index is 3490. The number of furan rings is 3. The van der Waals surface area contributed by atoms with Crippen LogP contribution in [-0.2, 0) is 0 Å². The average Bonchev–Trinajstić information content (AvgIpc) is 3.94. The molecule has 0 radical (unpaired) electrons. The number of hydrogen-bond donors (Lipinski definition) is 0. The highest BCUT2D eigenvalue weighted by Gasteiger charge is 2.25. The van der Waals surface area contributed by atoms with Gasteiger partial charge in [0.25, 0.3) is 0 Å². The van der Waals surface area contributed by atoms with Crippen LogP contribution in [0.1, 0.15) is 0 Å². The van der Waals surface area contributed by atoms with Crippen LogP contribution in [0, 0.1) is 0 Å². The van der Waals surface area contributed by atoms with Gasteiger partial charge in [0.15, 0.2) is 5.58 Å². The van der Waals surface area contributed by atoms with Gasteiger partial charge in [0.1, 0.15) is 27.9 Å². The third-order valence-electron chi connectivity index (χ3n) is 11.2. The average molecular weight is 733 g/mol. The maximum Gasteiger partial charge on any atom is 0.159 e. The van der Waals surface area contributed by atoms with Gasteiger partial charge in [-0.05, 0) is 95.7 Å². The molecule has 5 heteroatoms. The predicted molar refractivity (Wildman–Crippen MR) is 235 cm³/mol. The fraction of sp³-hybridized carbons (Fsp3) is 0. The minimum absolute atomic E-state index is 0.790. The topological polar surface area (TPSA) is 45.9 Å². The smallest absolute Gasteiger partial charge is 0.159 e. The minimum atomic E-state index is 0.790. The van der Waals surface area contributed by atoms with E-state index < -0.39 is 0 Å². The van der Waals surface area contributed by atoms with Crippen LogP contribution in [0.5, 0.6) is 0 Å². The molecule has 0 saturated carbocycles. The van der Waals surface area contributed by atoms with Crippen molar-refractivity contribution in [2.75, 3.05) is 9.80 Å². The molecule has 0 spiro atoms. The van der Waals surface area contributed by atoms with Gasteiger partial charge in [-0.1, -0.05) is 97.1 Å². The Morgan fingerprint density at radius 3 is 1.39 bits per heavy atom. The third kappa shape index (κ3) is 5.03. The van der Waals surface area contributed by atoms with E-state index in [9.17, 15) is 0 Å². The van der Waals surface area contributed by atoms with Crippen molar-refractivity contribution in [3.05, 3.63) is 194 Å². The van der Waals surface area contributed by atoms with Crippen molar-refractivity contribution in [1.82, 2.24) is 0 Å². The summed E-state index contributed by atoms with van der Waals surface area (Å²) in [6.07, 6.45) is 0. The molecule has 0 atom stereocenters. The van der Waals surface area contributed by atoms with E-state index in [1.807, 2.05) is 30.3 Å². The van der Waals surface area contributed by atoms with Gasteiger partial charge in [-0.15, -0.1) is 0 Å². The van der Waals surface area contributed by atoms with Gasteiger partial charge in [-0.2, -0.15) is 0 Å². The van der Waals surface area contributed by atoms with Crippen LogP contribution >= 0.6 is 0 Å². The minimum Gasteiger partial charge on any atom is -0.456 e. The molecule has 0 N–H and O–H groups in total. The molecule has 0 aliphatic rings. The van der Waals surface area contributed by atoms with Crippen LogP contribution in [0.3, 0.4) is 0 Å². The number of fused-ring (bicyclic) bond motifs is 10. The number of para-hydroxylation sites is 4. The van der Waals surface area contributed by atoms with Crippen LogP contribution in [0.15, 0.2) is 207 Å². The van der Waals surface area contributed by atoms with E-state index in [-0.39, 0.29) is 0 Å². The number of benzene rings is 9. The van der Waals surface area contributed by atoms with Crippen molar-refractivity contribution in [1.29, 1.82) is 0 Å². The Morgan fingerprint density at radius 2 is 0.754 bits per heavy atom. The summed E-state index contributed by atoms with van der Waals surface area (Å²) in [6.45, 7) is 0. The van der Waals surface area contributed by atoms with E-state index >= 15 is 0 Å². The van der Waals surface area contributed by atoms with E-state index in [1.54, 1.807) is 0 Å². The van der Waals surface area contributed by atoms with Crippen molar-refractivity contribution in [3.8, 4) is 0 Å². The summed E-state index contributed by atoms with van der Waals surface area (Å²) in [5.74, 6) is 0. The van der Waals surface area contributed by atoms with Crippen molar-refractivity contribution in [2.45, 2.75) is 0 Å². The molecule has 9 aromatic carbocycles. The first kappa shape index (κ1) is 31.6. The zero-order chi connectivity index (χ0) is 37.5. The Morgan fingerprint density at radius 1 is 0.263 bits per heavy atom. The number of nitrogens with zero attached hydrogens (tertiary/aromatic N) is 2. The zero-order valence-electron chi connectivity index (χ0n) is 30.6. The van der Waals surface area contributed by atoms with Crippen LogP contribution in [0.25, 0.3) is 76.6 Å². The first-order valence-electron chi connectivity index (χ1n) is 19.2. The van der Waals surface area contributed by atoms with Crippen LogP contribution in [0.2, 0.25) is 0 Å². The Hall–Kier alpha value is -7.76. The monoisotopic (exact) mass is 732 g/mol. The molecule has 0 saturated heterocycles. The number of rotatable bonds is 6. The third-order valence-corrected chi connectivity index (χ3v) is 11.2. The summed E-state index contributed by atoms with van der Waals surface area (Å²) < 4.78 is 19.9. The van der Waals surface area contributed by atoms with Gasteiger partial charge in [0.2, 0.25) is 0 Å². The van der Waals surface area contributed by atoms with Crippen molar-refractivity contribution < 1.29 is 13.3 Å². The second-order valence-electron chi connectivity index (χ2n) is 14.5. The fourth-order valence-corrected chi connectivity index (χ4v) is 8.56. The Labute approximate surface area is 326 Å². The second-order valence-corrected chi connectivity index (χ2v) is 14.5. The summed E-state index contributed by atoms with van der Waals surface area (Å²) >= 11 is 0. The summed E-state index contributed by atoms with van der Waals surface area (Å²) in [7, 11) is 0. The highest BCUT2D eigenvalue weighted by atomic mass is 16.3. The molecule has 0 amide bonds. The molecule has 12 rings (SSSR count). The lowest BCUT2D eigenvalue weighted by atomic mass is 10.0. The molecule has 12 aromatic rings. The molecular weight excluding hydrogens is 701 g/mol. The summed E-state index contributed by atoms with van der Waals surface area (Å²) in [4.78, 5) is 4.59. The van der Waals surface area contributed by atoms with Gasteiger partial charge in [-0.25, -0.2) is 0 Å². The molecule has 3 aromatic heterocycles. The van der Waals surface area contributed by atoms with E-state index in [1.165, 1.54) is 0 Å². The zero-order valence-corrected chi connectivity index (χ0v) is 30.6. The molecule has 3 heterocycles. The predicted octanol–water partition coefficient (Wildman–Crippen LogP) is 15.5. The maximum absolute atomic E-state index is 6.99. The van der Waals surface area contributed by atoms with E-state index in [2.05, 4.69) is 174 Å². The highest BCUT2D eigenvalue weighted by Crippen LogP contribution is 2.48. The van der Waals surface area contributed by atoms with Crippen molar-refractivity contribution in [3.63, 3.8) is 0 Å². The van der Waals surface area contributed by atoms with Gasteiger partial charge < -0.3 is 23.1 Å². The summed E-state index contributed by atoms with van der Waals surface area (Å²) in [5.41, 5.74) is 10.8. The molecule has 268 valence electrons. The Balaban J connectivity index is 1.16. The van der Waals surface area contributed by atoms with Crippen molar-refractivity contribution in [2.24, 2.45) is 0 Å². The first-order chi connectivity index (χ1) is 28.2. The van der Waals surface area contributed by atoms with Crippen LogP contribution in [-0.4, -0.2) is 0 Å². The molecule has 0 aliphatic heterocycles. The van der Waals surface area contributed by atoms with E-state index in [0.29, 0.717) is 0 Å². The quantitative estimate of drug-likeness (QED) is 0.170. The SMILES string of the molecule is c1ccc(N(c2ccc3c(c2)oc2ccccc23)c2cc(N(c3ccccc3)c3ccc4c(c3)oc3ccccc34)c3oc4cc5ccccc5cc4c3c2)cc1. The first-order valence-corrected chi connectivity index (χ1v) is 19.2. The molecule has 0 fully saturated rings. The second kappa shape index (κ2) is 12.4. The van der Waals surface area contributed by atoms with Crippen LogP contribution in [0.4, 0.5) is 34.1 Å². The molecule has 0 bridgehead atoms. The van der Waals surface area contributed by atoms with Gasteiger partial charge in [0, 0.05) is 67.2 Å². The van der Waals surface area contributed by atoms with Gasteiger partial charge >= 0.3 is 0 Å². The standard InChI is InChI=1S/C52H32N2O3/c1-3-15-35(16-4-1)53(37-23-25-42-40-19-9-11-21-47(40)55-50(42)31-37)39-29-45-44-27-33-13-7-8-14-34(33)28-49(44)57-52(45)46(30-39)54(36-17-5-2-6-18-36)38-24-26-43-41-20-10-12-22-48(41)56-51(43)32-38/h1-32H. The van der Waals surface area contributed by atoms with Crippen LogP contribution < -0.4 is 9.80 Å². The van der Waals surface area contributed by atoms with E-state index in [4.69, 9.17) is 13.3 Å². The lowest BCUT2D eigenvalue weighted by molar-refractivity contribution is 0.667. The molecule has 0 unspecified atom stereocenters. The van der Waals surface area contributed by atoms with Gasteiger partial charge in [-0.3, -0.25) is 0 Å². The maximum atomic E-state index is 6.99. The van der Waals surface area contributed by atoms with E-state index in [0.717, 1.165) is 111 Å². The summed E-state index contributed by atoms with van der Waals surface area (Å²) in [6, 6.07) is 67.8. The largest absolute Gasteiger partial charge is 0.456 e.